The van der Waals surface area contributed by atoms with Gasteiger partial charge >= 0.3 is 5.69 Å². The predicted octanol–water partition coefficient (Wildman–Crippen LogP) is 2.38. The van der Waals surface area contributed by atoms with Gasteiger partial charge in [0.25, 0.3) is 0 Å². The minimum atomic E-state index is -0.724. The molecule has 0 bridgehead atoms. The molecular formula is C13H17N3O3. The zero-order valence-corrected chi connectivity index (χ0v) is 11.2. The van der Waals surface area contributed by atoms with E-state index in [0.717, 1.165) is 5.56 Å². The maximum Gasteiger partial charge on any atom is 0.311 e. The van der Waals surface area contributed by atoms with Crippen molar-refractivity contribution in [3.05, 3.63) is 33.9 Å². The molecule has 0 aliphatic carbocycles. The molecule has 0 aromatic heterocycles. The number of nitrogens with zero attached hydrogens (tertiary/aromatic N) is 2. The molecule has 1 unspecified atom stereocenters. The predicted molar refractivity (Wildman–Crippen MR) is 70.8 cm³/mol. The van der Waals surface area contributed by atoms with Crippen LogP contribution in [0.3, 0.4) is 0 Å². The molecule has 1 aromatic carbocycles. The fourth-order valence-electron chi connectivity index (χ4n) is 1.45. The number of nitriles is 1. The van der Waals surface area contributed by atoms with Crippen LogP contribution in [0.2, 0.25) is 0 Å². The number of hydrogen-bond donors (Lipinski definition) is 1. The number of hydrogen-bond acceptors (Lipinski definition) is 5. The average Bonchev–Trinajstić information content (AvgIpc) is 2.36. The van der Waals surface area contributed by atoms with Crippen LogP contribution >= 0.6 is 0 Å². The van der Waals surface area contributed by atoms with Gasteiger partial charge in [-0.2, -0.15) is 5.26 Å². The third kappa shape index (κ3) is 4.56. The Bertz CT molecular complexity index is 494. The summed E-state index contributed by atoms with van der Waals surface area (Å²) in [6, 6.07) is 6.93. The topological polar surface area (TPSA) is 88.2 Å². The molecule has 0 radical (unpaired) electrons. The summed E-state index contributed by atoms with van der Waals surface area (Å²) >= 11 is 0. The molecule has 0 saturated carbocycles. The van der Waals surface area contributed by atoms with Gasteiger partial charge in [0.05, 0.1) is 4.92 Å². The molecule has 0 fully saturated rings. The lowest BCUT2D eigenvalue weighted by Gasteiger charge is -2.11. The summed E-state index contributed by atoms with van der Waals surface area (Å²) in [5.74, 6) is 0.118. The van der Waals surface area contributed by atoms with Crippen LogP contribution in [-0.4, -0.2) is 17.1 Å². The Balaban J connectivity index is 2.95. The van der Waals surface area contributed by atoms with Gasteiger partial charge < -0.3 is 10.1 Å². The van der Waals surface area contributed by atoms with Crippen LogP contribution in [0.25, 0.3) is 0 Å². The first kappa shape index (κ1) is 14.9. The van der Waals surface area contributed by atoms with Crippen molar-refractivity contribution in [3.63, 3.8) is 0 Å². The van der Waals surface area contributed by atoms with Crippen LogP contribution in [0.1, 0.15) is 26.3 Å². The van der Waals surface area contributed by atoms with Crippen molar-refractivity contribution in [2.45, 2.75) is 39.5 Å². The summed E-state index contributed by atoms with van der Waals surface area (Å²) in [5.41, 5.74) is 0.683. The van der Waals surface area contributed by atoms with Gasteiger partial charge in [-0.3, -0.25) is 10.1 Å². The molecule has 19 heavy (non-hydrogen) atoms. The summed E-state index contributed by atoms with van der Waals surface area (Å²) in [5, 5.41) is 22.9. The first-order valence-electron chi connectivity index (χ1n) is 6.01. The standard InChI is InChI=1S/C13H17N3O3/c1-9(2)15-8-11-4-5-13(19-10(3)7-14)12(6-11)16(17)18/h4-6,9-10,15H,8H2,1-3H3. The molecule has 0 amide bonds. The largest absolute Gasteiger partial charge is 0.469 e. The zero-order chi connectivity index (χ0) is 14.4. The zero-order valence-electron chi connectivity index (χ0n) is 11.2. The number of benzene rings is 1. The molecule has 6 nitrogen and oxygen atoms in total. The highest BCUT2D eigenvalue weighted by Crippen LogP contribution is 2.28. The van der Waals surface area contributed by atoms with Gasteiger partial charge in [0.1, 0.15) is 6.07 Å². The van der Waals surface area contributed by atoms with Crippen LogP contribution in [-0.2, 0) is 6.54 Å². The van der Waals surface area contributed by atoms with Gasteiger partial charge in [-0.1, -0.05) is 19.9 Å². The Morgan fingerprint density at radius 2 is 2.16 bits per heavy atom. The van der Waals surface area contributed by atoms with E-state index in [2.05, 4.69) is 5.32 Å². The minimum absolute atomic E-state index is 0.118. The van der Waals surface area contributed by atoms with E-state index >= 15 is 0 Å². The van der Waals surface area contributed by atoms with E-state index in [1.54, 1.807) is 6.07 Å². The van der Waals surface area contributed by atoms with Gasteiger partial charge in [0.2, 0.25) is 0 Å². The Kier molecular flexibility index (Phi) is 5.27. The van der Waals surface area contributed by atoms with Crippen molar-refractivity contribution < 1.29 is 9.66 Å². The maximum absolute atomic E-state index is 11.0. The maximum atomic E-state index is 11.0. The normalized spacial score (nSPS) is 11.9. The molecule has 1 rings (SSSR count). The van der Waals surface area contributed by atoms with Crippen molar-refractivity contribution >= 4 is 5.69 Å². The lowest BCUT2D eigenvalue weighted by Crippen LogP contribution is -2.21. The second kappa shape index (κ2) is 6.71. The molecule has 6 heteroatoms. The Labute approximate surface area is 112 Å². The highest BCUT2D eigenvalue weighted by atomic mass is 16.6. The van der Waals surface area contributed by atoms with Crippen molar-refractivity contribution in [1.29, 1.82) is 5.26 Å². The highest BCUT2D eigenvalue weighted by molar-refractivity contribution is 5.49. The molecule has 0 spiro atoms. The average molecular weight is 263 g/mol. The number of ether oxygens (including phenoxy) is 1. The van der Waals surface area contributed by atoms with Crippen molar-refractivity contribution in [2.75, 3.05) is 0 Å². The monoisotopic (exact) mass is 263 g/mol. The van der Waals surface area contributed by atoms with Crippen LogP contribution < -0.4 is 10.1 Å². The second-order valence-electron chi connectivity index (χ2n) is 4.48. The molecule has 1 aromatic rings. The Morgan fingerprint density at radius 3 is 2.68 bits per heavy atom. The molecule has 0 aliphatic rings. The lowest BCUT2D eigenvalue weighted by molar-refractivity contribution is -0.386. The molecule has 102 valence electrons. The summed E-state index contributed by atoms with van der Waals surface area (Å²) in [4.78, 5) is 10.5. The van der Waals surface area contributed by atoms with E-state index in [1.165, 1.54) is 19.1 Å². The summed E-state index contributed by atoms with van der Waals surface area (Å²) in [6.45, 7) is 6.09. The smallest absolute Gasteiger partial charge is 0.311 e. The molecular weight excluding hydrogens is 246 g/mol. The van der Waals surface area contributed by atoms with Gasteiger partial charge in [0, 0.05) is 18.7 Å². The third-order valence-corrected chi connectivity index (χ3v) is 2.42. The summed E-state index contributed by atoms with van der Waals surface area (Å²) < 4.78 is 5.21. The Hall–Kier alpha value is -2.13. The van der Waals surface area contributed by atoms with Crippen molar-refractivity contribution in [2.24, 2.45) is 0 Å². The molecule has 1 N–H and O–H groups in total. The third-order valence-electron chi connectivity index (χ3n) is 2.42. The van der Waals surface area contributed by atoms with Gasteiger partial charge in [0.15, 0.2) is 11.9 Å². The quantitative estimate of drug-likeness (QED) is 0.628. The van der Waals surface area contributed by atoms with Gasteiger partial charge in [-0.25, -0.2) is 0 Å². The van der Waals surface area contributed by atoms with Gasteiger partial charge in [-0.15, -0.1) is 0 Å². The van der Waals surface area contributed by atoms with Crippen LogP contribution in [0.15, 0.2) is 18.2 Å². The molecule has 0 saturated heterocycles. The summed E-state index contributed by atoms with van der Waals surface area (Å²) in [6.07, 6.45) is -0.724. The molecule has 0 heterocycles. The van der Waals surface area contributed by atoms with Crippen LogP contribution in [0.5, 0.6) is 5.75 Å². The second-order valence-corrected chi connectivity index (χ2v) is 4.48. The molecule has 1 atom stereocenters. The minimum Gasteiger partial charge on any atom is -0.469 e. The van der Waals surface area contributed by atoms with Crippen molar-refractivity contribution in [3.8, 4) is 11.8 Å². The first-order valence-corrected chi connectivity index (χ1v) is 6.01. The van der Waals surface area contributed by atoms with E-state index in [4.69, 9.17) is 10.00 Å². The first-order chi connectivity index (χ1) is 8.93. The number of nitro benzene ring substituents is 1. The van der Waals surface area contributed by atoms with E-state index in [1.807, 2.05) is 19.9 Å². The van der Waals surface area contributed by atoms with Crippen LogP contribution in [0.4, 0.5) is 5.69 Å². The van der Waals surface area contributed by atoms with E-state index in [-0.39, 0.29) is 11.4 Å². The van der Waals surface area contributed by atoms with E-state index in [9.17, 15) is 10.1 Å². The fourth-order valence-corrected chi connectivity index (χ4v) is 1.45. The molecule has 0 aliphatic heterocycles. The van der Waals surface area contributed by atoms with Gasteiger partial charge in [-0.05, 0) is 18.6 Å². The van der Waals surface area contributed by atoms with E-state index in [0.29, 0.717) is 12.6 Å². The number of rotatable bonds is 6. The highest BCUT2D eigenvalue weighted by Gasteiger charge is 2.17. The Morgan fingerprint density at radius 1 is 1.47 bits per heavy atom. The van der Waals surface area contributed by atoms with Crippen molar-refractivity contribution in [1.82, 2.24) is 5.32 Å². The number of nitrogens with one attached hydrogen (secondary N) is 1. The fraction of sp³-hybridized carbons (Fsp3) is 0.462. The summed E-state index contributed by atoms with van der Waals surface area (Å²) in [7, 11) is 0. The van der Waals surface area contributed by atoms with E-state index < -0.39 is 11.0 Å². The SMILES string of the molecule is CC(C)NCc1ccc(OC(C)C#N)c([N+](=O)[O-])c1. The number of nitro groups is 1. The lowest BCUT2D eigenvalue weighted by atomic mass is 10.1. The van der Waals surface area contributed by atoms with Crippen LogP contribution in [0, 0.1) is 21.4 Å².